The van der Waals surface area contributed by atoms with E-state index >= 15 is 4.39 Å². The van der Waals surface area contributed by atoms with Gasteiger partial charge in [-0.05, 0) is 49.2 Å². The predicted octanol–water partition coefficient (Wildman–Crippen LogP) is 3.90. The minimum Gasteiger partial charge on any atom is -0.497 e. The van der Waals surface area contributed by atoms with Crippen LogP contribution < -0.4 is 36.9 Å². The number of nitrogens with zero attached hydrogens (tertiary/aromatic N) is 1. The van der Waals surface area contributed by atoms with Gasteiger partial charge in [-0.25, -0.2) is 4.39 Å². The topological polar surface area (TPSA) is 144 Å². The lowest BCUT2D eigenvalue weighted by molar-refractivity contribution is 0.0996. The van der Waals surface area contributed by atoms with E-state index in [9.17, 15) is 19.2 Å². The summed E-state index contributed by atoms with van der Waals surface area (Å²) in [6, 6.07) is 10.2. The molecule has 3 aromatic carbocycles. The number of carbonyl (C=O) groups is 2. The van der Waals surface area contributed by atoms with Gasteiger partial charge in [-0.3, -0.25) is 19.2 Å². The van der Waals surface area contributed by atoms with Gasteiger partial charge in [0.25, 0.3) is 22.7 Å². The van der Waals surface area contributed by atoms with Crippen molar-refractivity contribution in [1.29, 1.82) is 0 Å². The van der Waals surface area contributed by atoms with Crippen molar-refractivity contribution in [3.63, 3.8) is 0 Å². The molecule has 2 heterocycles. The van der Waals surface area contributed by atoms with Crippen molar-refractivity contribution < 1.29 is 23.1 Å². The molecule has 4 N–H and O–H groups in total. The number of nitrogens with one attached hydrogen (secondary N) is 2. The molecule has 5 rings (SSSR count). The van der Waals surface area contributed by atoms with E-state index in [1.165, 1.54) is 36.3 Å². The molecule has 200 valence electrons. The van der Waals surface area contributed by atoms with Crippen LogP contribution in [0.4, 0.5) is 27.1 Å². The summed E-state index contributed by atoms with van der Waals surface area (Å²) >= 11 is 0. The first kappa shape index (κ1) is 25.7. The van der Waals surface area contributed by atoms with Crippen LogP contribution in [0.15, 0.2) is 56.5 Å². The number of halogens is 1. The summed E-state index contributed by atoms with van der Waals surface area (Å²) in [6.07, 6.45) is 0.538. The molecule has 4 aromatic rings. The zero-order valence-corrected chi connectivity index (χ0v) is 21.4. The van der Waals surface area contributed by atoms with Gasteiger partial charge in [-0.1, -0.05) is 13.0 Å². The molecule has 2 amide bonds. The standard InChI is InChI=1S/C28H25FN4O6/c1-4-18(20-10-5-13(2)39-20)31-23-24(26(35)25(23)34)32-22-17(29)9-6-14-12-33(28(37)21(14)22)19-11-15(38-3)7-8-16(19)27(30)36/h5-11,18,31-32H,4,12H2,1-3H3,(H2,30,36). The van der Waals surface area contributed by atoms with Crippen LogP contribution in [0.25, 0.3) is 0 Å². The number of rotatable bonds is 9. The molecule has 1 aliphatic rings. The lowest BCUT2D eigenvalue weighted by Crippen LogP contribution is -2.37. The molecule has 0 bridgehead atoms. The number of hydrogen-bond donors (Lipinski definition) is 3. The Morgan fingerprint density at radius 1 is 1.10 bits per heavy atom. The van der Waals surface area contributed by atoms with Crippen molar-refractivity contribution in [2.75, 3.05) is 22.6 Å². The van der Waals surface area contributed by atoms with Gasteiger partial charge in [0, 0.05) is 6.07 Å². The van der Waals surface area contributed by atoms with Crippen LogP contribution in [0.5, 0.6) is 5.75 Å². The van der Waals surface area contributed by atoms with E-state index < -0.39 is 34.5 Å². The third-order valence-corrected chi connectivity index (χ3v) is 6.78. The van der Waals surface area contributed by atoms with E-state index in [4.69, 9.17) is 14.9 Å². The lowest BCUT2D eigenvalue weighted by Gasteiger charge is -2.21. The van der Waals surface area contributed by atoms with Gasteiger partial charge in [-0.2, -0.15) is 0 Å². The highest BCUT2D eigenvalue weighted by Gasteiger charge is 2.36. The zero-order chi connectivity index (χ0) is 28.0. The van der Waals surface area contributed by atoms with Crippen LogP contribution in [0.2, 0.25) is 0 Å². The second-order valence-electron chi connectivity index (χ2n) is 9.18. The molecule has 0 spiro atoms. The highest BCUT2D eigenvalue weighted by atomic mass is 19.1. The number of methoxy groups -OCH3 is 1. The van der Waals surface area contributed by atoms with Crippen LogP contribution in [0.1, 0.15) is 57.2 Å². The number of primary amides is 1. The maximum Gasteiger partial charge on any atom is 0.261 e. The molecule has 39 heavy (non-hydrogen) atoms. The van der Waals surface area contributed by atoms with Crippen molar-refractivity contribution in [2.24, 2.45) is 5.73 Å². The summed E-state index contributed by atoms with van der Waals surface area (Å²) in [7, 11) is 1.44. The fourth-order valence-electron chi connectivity index (χ4n) is 4.72. The average Bonchev–Trinajstić information content (AvgIpc) is 3.51. The number of carbonyl (C=O) groups excluding carboxylic acids is 2. The SMILES string of the molecule is CCC(Nc1c(Nc2c(F)ccc3c2C(=O)N(c2cc(OC)ccc2C(N)=O)C3)c(=O)c1=O)c1ccc(C)o1. The summed E-state index contributed by atoms with van der Waals surface area (Å²) < 4.78 is 26.1. The normalized spacial score (nSPS) is 13.4. The monoisotopic (exact) mass is 532 g/mol. The van der Waals surface area contributed by atoms with Crippen LogP contribution >= 0.6 is 0 Å². The van der Waals surface area contributed by atoms with Gasteiger partial charge in [0.15, 0.2) is 0 Å². The number of furan rings is 1. The van der Waals surface area contributed by atoms with E-state index in [1.807, 2.05) is 6.92 Å². The Balaban J connectivity index is 1.51. The first-order chi connectivity index (χ1) is 18.6. The Bertz CT molecular complexity index is 1700. The van der Waals surface area contributed by atoms with Crippen molar-refractivity contribution in [1.82, 2.24) is 0 Å². The highest BCUT2D eigenvalue weighted by Crippen LogP contribution is 2.39. The summed E-state index contributed by atoms with van der Waals surface area (Å²) in [4.78, 5) is 52.0. The minimum atomic E-state index is -0.842. The first-order valence-electron chi connectivity index (χ1n) is 12.2. The number of anilines is 4. The molecule has 0 saturated heterocycles. The minimum absolute atomic E-state index is 0.0172. The predicted molar refractivity (Wildman–Crippen MR) is 143 cm³/mol. The van der Waals surface area contributed by atoms with Gasteiger partial charge in [0.1, 0.15) is 34.5 Å². The molecular formula is C28H25FN4O6. The number of fused-ring (bicyclic) bond motifs is 1. The second-order valence-corrected chi connectivity index (χ2v) is 9.18. The van der Waals surface area contributed by atoms with E-state index in [-0.39, 0.29) is 40.4 Å². The lowest BCUT2D eigenvalue weighted by atomic mass is 10.1. The summed E-state index contributed by atoms with van der Waals surface area (Å²) in [5.74, 6) is -0.507. The quantitative estimate of drug-likeness (QED) is 0.275. The maximum absolute atomic E-state index is 15.2. The van der Waals surface area contributed by atoms with Gasteiger partial charge < -0.3 is 30.4 Å². The van der Waals surface area contributed by atoms with Gasteiger partial charge >= 0.3 is 0 Å². The third-order valence-electron chi connectivity index (χ3n) is 6.78. The Morgan fingerprint density at radius 3 is 2.49 bits per heavy atom. The number of aryl methyl sites for hydroxylation is 1. The molecule has 1 atom stereocenters. The molecular weight excluding hydrogens is 507 g/mol. The van der Waals surface area contributed by atoms with Gasteiger partial charge in [-0.15, -0.1) is 0 Å². The van der Waals surface area contributed by atoms with Crippen LogP contribution in [0, 0.1) is 12.7 Å². The van der Waals surface area contributed by atoms with Crippen LogP contribution in [-0.4, -0.2) is 18.9 Å². The summed E-state index contributed by atoms with van der Waals surface area (Å²) in [5.41, 5.74) is 4.21. The average molecular weight is 533 g/mol. The number of nitrogens with two attached hydrogens (primary N) is 1. The van der Waals surface area contributed by atoms with E-state index in [0.717, 1.165) is 6.07 Å². The maximum atomic E-state index is 15.2. The molecule has 0 saturated carbocycles. The van der Waals surface area contributed by atoms with Crippen molar-refractivity contribution in [2.45, 2.75) is 32.9 Å². The van der Waals surface area contributed by atoms with Gasteiger partial charge in [0.2, 0.25) is 0 Å². The zero-order valence-electron chi connectivity index (χ0n) is 21.4. The van der Waals surface area contributed by atoms with Crippen LogP contribution in [-0.2, 0) is 6.54 Å². The van der Waals surface area contributed by atoms with E-state index in [2.05, 4.69) is 10.6 Å². The summed E-state index contributed by atoms with van der Waals surface area (Å²) in [5, 5.41) is 5.72. The Kier molecular flexibility index (Phi) is 6.43. The molecule has 1 aromatic heterocycles. The molecule has 0 aliphatic carbocycles. The smallest absolute Gasteiger partial charge is 0.261 e. The Hall–Kier alpha value is -4.93. The Morgan fingerprint density at radius 2 is 1.85 bits per heavy atom. The van der Waals surface area contributed by atoms with E-state index in [1.54, 1.807) is 19.1 Å². The molecule has 1 aliphatic heterocycles. The molecule has 11 heteroatoms. The molecule has 10 nitrogen and oxygen atoms in total. The number of benzene rings is 2. The number of amides is 2. The molecule has 0 fully saturated rings. The molecule has 0 radical (unpaired) electrons. The summed E-state index contributed by atoms with van der Waals surface area (Å²) in [6.45, 7) is 3.69. The van der Waals surface area contributed by atoms with Crippen molar-refractivity contribution in [3.05, 3.63) is 96.9 Å². The molecule has 1 unspecified atom stereocenters. The van der Waals surface area contributed by atoms with Crippen molar-refractivity contribution >= 4 is 34.6 Å². The first-order valence-corrected chi connectivity index (χ1v) is 12.2. The van der Waals surface area contributed by atoms with Gasteiger partial charge in [0.05, 0.1) is 42.2 Å². The number of ether oxygens (including phenoxy) is 1. The second kappa shape index (κ2) is 9.75. The largest absolute Gasteiger partial charge is 0.497 e. The third kappa shape index (κ3) is 4.31. The fraction of sp³-hybridized carbons (Fsp3) is 0.214. The van der Waals surface area contributed by atoms with Crippen molar-refractivity contribution in [3.8, 4) is 5.75 Å². The fourth-order valence-corrected chi connectivity index (χ4v) is 4.72. The highest BCUT2D eigenvalue weighted by molar-refractivity contribution is 6.16. The number of hydrogen-bond acceptors (Lipinski definition) is 8. The van der Waals surface area contributed by atoms with Crippen LogP contribution in [0.3, 0.4) is 0 Å². The Labute approximate surface area is 221 Å². The van der Waals surface area contributed by atoms with E-state index in [0.29, 0.717) is 29.3 Å².